The number of nitro benzene ring substituents is 1. The van der Waals surface area contributed by atoms with Gasteiger partial charge in [0.15, 0.2) is 5.75 Å². The third-order valence-corrected chi connectivity index (χ3v) is 2.50. The van der Waals surface area contributed by atoms with Crippen LogP contribution in [0.2, 0.25) is 0 Å². The summed E-state index contributed by atoms with van der Waals surface area (Å²) < 4.78 is 5.41. The molecule has 0 unspecified atom stereocenters. The summed E-state index contributed by atoms with van der Waals surface area (Å²) in [6, 6.07) is 4.93. The molecule has 0 aliphatic rings. The molecule has 0 heterocycles. The smallest absolute Gasteiger partial charge is 0.311 e. The topological polar surface area (TPSA) is 52.4 Å². The third kappa shape index (κ3) is 3.13. The van der Waals surface area contributed by atoms with E-state index in [-0.39, 0.29) is 5.69 Å². The number of rotatable bonds is 5. The van der Waals surface area contributed by atoms with Crippen molar-refractivity contribution in [2.24, 2.45) is 0 Å². The van der Waals surface area contributed by atoms with E-state index in [0.717, 1.165) is 11.3 Å². The van der Waals surface area contributed by atoms with E-state index in [9.17, 15) is 10.1 Å². The first-order valence-electron chi connectivity index (χ1n) is 4.52. The summed E-state index contributed by atoms with van der Waals surface area (Å²) in [6.45, 7) is 2.30. The van der Waals surface area contributed by atoms with Gasteiger partial charge in [0.1, 0.15) is 0 Å². The Morgan fingerprint density at radius 1 is 1.53 bits per heavy atom. The van der Waals surface area contributed by atoms with Crippen molar-refractivity contribution in [2.75, 3.05) is 18.6 Å². The molecule has 82 valence electrons. The van der Waals surface area contributed by atoms with E-state index < -0.39 is 4.92 Å². The Morgan fingerprint density at radius 2 is 2.27 bits per heavy atom. The van der Waals surface area contributed by atoms with Crippen LogP contribution in [-0.2, 0) is 0 Å². The van der Waals surface area contributed by atoms with Gasteiger partial charge in [-0.3, -0.25) is 10.1 Å². The van der Waals surface area contributed by atoms with E-state index >= 15 is 0 Å². The molecule has 0 radical (unpaired) electrons. The summed E-state index contributed by atoms with van der Waals surface area (Å²) in [5.74, 6) is 1.21. The summed E-state index contributed by atoms with van der Waals surface area (Å²) in [4.78, 5) is 10.3. The first-order valence-corrected chi connectivity index (χ1v) is 5.92. The molecule has 0 N–H and O–H groups in total. The highest BCUT2D eigenvalue weighted by Crippen LogP contribution is 2.30. The molecule has 1 aromatic rings. The van der Waals surface area contributed by atoms with E-state index in [1.807, 2.05) is 6.26 Å². The fraction of sp³-hybridized carbons (Fsp3) is 0.400. The van der Waals surface area contributed by atoms with Crippen LogP contribution in [0, 0.1) is 17.0 Å². The largest absolute Gasteiger partial charge is 0.486 e. The average molecular weight is 227 g/mol. The van der Waals surface area contributed by atoms with Crippen molar-refractivity contribution in [3.05, 3.63) is 33.9 Å². The van der Waals surface area contributed by atoms with Gasteiger partial charge in [-0.1, -0.05) is 12.1 Å². The van der Waals surface area contributed by atoms with Gasteiger partial charge in [-0.25, -0.2) is 0 Å². The zero-order valence-corrected chi connectivity index (χ0v) is 9.54. The van der Waals surface area contributed by atoms with Crippen LogP contribution in [0.25, 0.3) is 0 Å². The number of aryl methyl sites for hydroxylation is 1. The summed E-state index contributed by atoms with van der Waals surface area (Å²) in [5.41, 5.74) is 0.835. The van der Waals surface area contributed by atoms with Crippen molar-refractivity contribution in [1.82, 2.24) is 0 Å². The summed E-state index contributed by atoms with van der Waals surface area (Å²) >= 11 is 1.65. The molecule has 0 bridgehead atoms. The number of ether oxygens (including phenoxy) is 1. The summed E-state index contributed by atoms with van der Waals surface area (Å²) in [6.07, 6.45) is 1.97. The molecule has 1 aromatic carbocycles. The highest BCUT2D eigenvalue weighted by molar-refractivity contribution is 7.98. The molecular formula is C10H13NO3S. The standard InChI is InChI=1S/C10H13NO3S/c1-8-4-3-5-9(11(12)13)10(8)14-6-7-15-2/h3-5H,6-7H2,1-2H3. The second-order valence-corrected chi connectivity index (χ2v) is 4.01. The molecule has 1 rings (SSSR count). The fourth-order valence-corrected chi connectivity index (χ4v) is 1.45. The van der Waals surface area contributed by atoms with Gasteiger partial charge in [-0.05, 0) is 18.7 Å². The maximum atomic E-state index is 10.7. The Kier molecular flexibility index (Phi) is 4.42. The molecule has 0 amide bonds. The minimum atomic E-state index is -0.415. The van der Waals surface area contributed by atoms with Crippen molar-refractivity contribution in [3.8, 4) is 5.75 Å². The van der Waals surface area contributed by atoms with Crippen LogP contribution < -0.4 is 4.74 Å². The quantitative estimate of drug-likeness (QED) is 0.441. The molecular weight excluding hydrogens is 214 g/mol. The van der Waals surface area contributed by atoms with Crippen molar-refractivity contribution in [2.45, 2.75) is 6.92 Å². The van der Waals surface area contributed by atoms with Crippen LogP contribution in [-0.4, -0.2) is 23.5 Å². The fourth-order valence-electron chi connectivity index (χ4n) is 1.20. The molecule has 0 spiro atoms. The molecule has 5 heteroatoms. The average Bonchev–Trinajstić information content (AvgIpc) is 2.20. The number of thioether (sulfide) groups is 1. The lowest BCUT2D eigenvalue weighted by Gasteiger charge is -2.08. The maximum absolute atomic E-state index is 10.7. The van der Waals surface area contributed by atoms with Gasteiger partial charge in [0.05, 0.1) is 11.5 Å². The number of nitrogens with zero attached hydrogens (tertiary/aromatic N) is 1. The predicted octanol–water partition coefficient (Wildman–Crippen LogP) is 2.65. The van der Waals surface area contributed by atoms with Gasteiger partial charge >= 0.3 is 5.69 Å². The second kappa shape index (κ2) is 5.60. The molecule has 15 heavy (non-hydrogen) atoms. The van der Waals surface area contributed by atoms with Crippen LogP contribution in [0.15, 0.2) is 18.2 Å². The first-order chi connectivity index (χ1) is 7.16. The van der Waals surface area contributed by atoms with Crippen LogP contribution >= 0.6 is 11.8 Å². The Hall–Kier alpha value is -1.23. The molecule has 0 fully saturated rings. The van der Waals surface area contributed by atoms with Crippen LogP contribution in [0.4, 0.5) is 5.69 Å². The van der Waals surface area contributed by atoms with E-state index in [2.05, 4.69) is 0 Å². The predicted molar refractivity (Wildman–Crippen MR) is 61.7 cm³/mol. The Morgan fingerprint density at radius 3 is 2.87 bits per heavy atom. The number of benzene rings is 1. The minimum absolute atomic E-state index is 0.0381. The van der Waals surface area contributed by atoms with Gasteiger partial charge in [0.25, 0.3) is 0 Å². The molecule has 0 saturated heterocycles. The maximum Gasteiger partial charge on any atom is 0.311 e. The zero-order chi connectivity index (χ0) is 11.3. The number of hydrogen-bond acceptors (Lipinski definition) is 4. The lowest BCUT2D eigenvalue weighted by molar-refractivity contribution is -0.385. The lowest BCUT2D eigenvalue weighted by Crippen LogP contribution is -2.03. The van der Waals surface area contributed by atoms with Gasteiger partial charge in [-0.15, -0.1) is 0 Å². The summed E-state index contributed by atoms with van der Waals surface area (Å²) in [7, 11) is 0. The number of nitro groups is 1. The van der Waals surface area contributed by atoms with E-state index in [1.165, 1.54) is 6.07 Å². The Bertz CT molecular complexity index is 355. The molecule has 0 atom stereocenters. The zero-order valence-electron chi connectivity index (χ0n) is 8.73. The Balaban J connectivity index is 2.87. The van der Waals surface area contributed by atoms with Crippen molar-refractivity contribution >= 4 is 17.4 Å². The molecule has 0 aliphatic carbocycles. The van der Waals surface area contributed by atoms with E-state index in [0.29, 0.717) is 12.4 Å². The second-order valence-electron chi connectivity index (χ2n) is 3.02. The van der Waals surface area contributed by atoms with Gasteiger partial charge in [-0.2, -0.15) is 11.8 Å². The first kappa shape index (κ1) is 11.8. The Labute approximate surface area is 92.8 Å². The van der Waals surface area contributed by atoms with Gasteiger partial charge in [0.2, 0.25) is 0 Å². The lowest BCUT2D eigenvalue weighted by atomic mass is 10.2. The molecule has 0 aromatic heterocycles. The van der Waals surface area contributed by atoms with E-state index in [1.54, 1.807) is 30.8 Å². The van der Waals surface area contributed by atoms with Gasteiger partial charge in [0, 0.05) is 11.8 Å². The van der Waals surface area contributed by atoms with Crippen LogP contribution in [0.3, 0.4) is 0 Å². The minimum Gasteiger partial charge on any atom is -0.486 e. The normalized spacial score (nSPS) is 10.0. The molecule has 0 saturated carbocycles. The van der Waals surface area contributed by atoms with Crippen molar-refractivity contribution in [1.29, 1.82) is 0 Å². The highest BCUT2D eigenvalue weighted by Gasteiger charge is 2.16. The SMILES string of the molecule is CSCCOc1c(C)cccc1[N+](=O)[O-]. The number of para-hydroxylation sites is 1. The third-order valence-electron chi connectivity index (χ3n) is 1.92. The highest BCUT2D eigenvalue weighted by atomic mass is 32.2. The van der Waals surface area contributed by atoms with Crippen molar-refractivity contribution in [3.63, 3.8) is 0 Å². The van der Waals surface area contributed by atoms with Gasteiger partial charge < -0.3 is 4.74 Å². The van der Waals surface area contributed by atoms with Crippen LogP contribution in [0.5, 0.6) is 5.75 Å². The molecule has 0 aliphatic heterocycles. The number of hydrogen-bond donors (Lipinski definition) is 0. The monoisotopic (exact) mass is 227 g/mol. The van der Waals surface area contributed by atoms with Crippen LogP contribution in [0.1, 0.15) is 5.56 Å². The summed E-state index contributed by atoms with van der Waals surface area (Å²) in [5, 5.41) is 10.7. The van der Waals surface area contributed by atoms with E-state index in [4.69, 9.17) is 4.74 Å². The van der Waals surface area contributed by atoms with Crippen molar-refractivity contribution < 1.29 is 9.66 Å². The molecule has 4 nitrogen and oxygen atoms in total.